The minimum Gasteiger partial charge on any atom is -0.496 e. The highest BCUT2D eigenvalue weighted by molar-refractivity contribution is 6.39. The molecular weight excluding hydrogens is 342 g/mol. The number of amides is 2. The fourth-order valence-electron chi connectivity index (χ4n) is 2.15. The average Bonchev–Trinajstić information content (AvgIpc) is 2.62. The van der Waals surface area contributed by atoms with Crippen molar-refractivity contribution in [3.05, 3.63) is 58.6 Å². The van der Waals surface area contributed by atoms with Gasteiger partial charge in [-0.25, -0.2) is 5.43 Å². The lowest BCUT2D eigenvalue weighted by Gasteiger charge is -2.08. The number of carbonyl (C=O) groups excluding carboxylic acids is 2. The fourth-order valence-corrected chi connectivity index (χ4v) is 2.33. The Bertz CT molecular complexity index is 806. The second-order valence-corrected chi connectivity index (χ2v) is 5.49. The number of para-hydroxylation sites is 1. The van der Waals surface area contributed by atoms with E-state index < -0.39 is 11.8 Å². The zero-order chi connectivity index (χ0) is 18.2. The van der Waals surface area contributed by atoms with Crippen molar-refractivity contribution in [2.45, 2.75) is 13.3 Å². The molecule has 0 aliphatic heterocycles. The zero-order valence-corrected chi connectivity index (χ0v) is 14.6. The first-order valence-corrected chi connectivity index (χ1v) is 7.98. The molecule has 0 radical (unpaired) electrons. The molecule has 0 aliphatic rings. The third-order valence-electron chi connectivity index (χ3n) is 3.41. The van der Waals surface area contributed by atoms with Gasteiger partial charge >= 0.3 is 11.8 Å². The molecule has 2 aromatic rings. The molecule has 130 valence electrons. The number of halogens is 1. The topological polar surface area (TPSA) is 79.8 Å². The maximum absolute atomic E-state index is 12.0. The molecule has 2 aromatic carbocycles. The van der Waals surface area contributed by atoms with Crippen molar-refractivity contribution in [1.29, 1.82) is 0 Å². The monoisotopic (exact) mass is 359 g/mol. The van der Waals surface area contributed by atoms with Crippen molar-refractivity contribution in [2.75, 3.05) is 12.4 Å². The molecular formula is C18H18ClN3O3. The van der Waals surface area contributed by atoms with Crippen molar-refractivity contribution in [2.24, 2.45) is 5.10 Å². The molecule has 25 heavy (non-hydrogen) atoms. The summed E-state index contributed by atoms with van der Waals surface area (Å²) in [5, 5.41) is 6.85. The van der Waals surface area contributed by atoms with E-state index in [1.54, 1.807) is 30.3 Å². The smallest absolute Gasteiger partial charge is 0.329 e. The first-order chi connectivity index (χ1) is 12.0. The highest BCUT2D eigenvalue weighted by atomic mass is 35.5. The summed E-state index contributed by atoms with van der Waals surface area (Å²) in [5.41, 5.74) is 4.30. The van der Waals surface area contributed by atoms with Crippen LogP contribution < -0.4 is 15.5 Å². The second kappa shape index (κ2) is 8.84. The van der Waals surface area contributed by atoms with Crippen molar-refractivity contribution >= 4 is 35.3 Å². The van der Waals surface area contributed by atoms with Gasteiger partial charge in [0.05, 0.1) is 13.3 Å². The molecule has 0 aliphatic carbocycles. The lowest BCUT2D eigenvalue weighted by molar-refractivity contribution is -0.136. The summed E-state index contributed by atoms with van der Waals surface area (Å²) < 4.78 is 5.17. The van der Waals surface area contributed by atoms with Crippen LogP contribution in [0.1, 0.15) is 18.1 Å². The van der Waals surface area contributed by atoms with Gasteiger partial charge in [0.25, 0.3) is 0 Å². The van der Waals surface area contributed by atoms with Crippen molar-refractivity contribution in [1.82, 2.24) is 5.43 Å². The normalized spacial score (nSPS) is 10.5. The van der Waals surface area contributed by atoms with Crippen LogP contribution in [0.5, 0.6) is 5.75 Å². The van der Waals surface area contributed by atoms with E-state index in [1.165, 1.54) is 13.3 Å². The first kappa shape index (κ1) is 18.5. The Morgan fingerprint density at radius 3 is 2.68 bits per heavy atom. The van der Waals surface area contributed by atoms with Crippen LogP contribution in [0.2, 0.25) is 5.02 Å². The van der Waals surface area contributed by atoms with Gasteiger partial charge in [-0.15, -0.1) is 0 Å². The predicted molar refractivity (Wildman–Crippen MR) is 98.2 cm³/mol. The Hall–Kier alpha value is -2.86. The van der Waals surface area contributed by atoms with E-state index in [4.69, 9.17) is 16.3 Å². The number of hydrazone groups is 1. The molecule has 0 aromatic heterocycles. The summed E-state index contributed by atoms with van der Waals surface area (Å²) in [4.78, 5) is 23.8. The summed E-state index contributed by atoms with van der Waals surface area (Å²) in [6.07, 6.45) is 2.10. The number of nitrogens with zero attached hydrogens (tertiary/aromatic N) is 1. The van der Waals surface area contributed by atoms with Crippen LogP contribution >= 0.6 is 11.6 Å². The van der Waals surface area contributed by atoms with Gasteiger partial charge in [-0.05, 0) is 36.2 Å². The van der Waals surface area contributed by atoms with Crippen LogP contribution in [-0.2, 0) is 16.0 Å². The van der Waals surface area contributed by atoms with Gasteiger partial charge in [0.2, 0.25) is 0 Å². The van der Waals surface area contributed by atoms with Crippen LogP contribution in [-0.4, -0.2) is 25.1 Å². The van der Waals surface area contributed by atoms with Gasteiger partial charge in [-0.3, -0.25) is 9.59 Å². The Morgan fingerprint density at radius 2 is 1.96 bits per heavy atom. The Balaban J connectivity index is 2.00. The van der Waals surface area contributed by atoms with E-state index in [0.717, 1.165) is 12.0 Å². The van der Waals surface area contributed by atoms with E-state index >= 15 is 0 Å². The van der Waals surface area contributed by atoms with Gasteiger partial charge in [0, 0.05) is 16.3 Å². The molecule has 0 atom stereocenters. The van der Waals surface area contributed by atoms with Gasteiger partial charge < -0.3 is 10.1 Å². The van der Waals surface area contributed by atoms with Crippen LogP contribution in [0.15, 0.2) is 47.6 Å². The Labute approximate surface area is 150 Å². The highest BCUT2D eigenvalue weighted by Gasteiger charge is 2.14. The standard InChI is InChI=1S/C18H18ClN3O3/c1-3-12-6-4-5-7-15(12)21-17(23)18(24)22-20-11-13-10-14(19)8-9-16(13)25-2/h4-11H,3H2,1-2H3,(H,21,23)(H,22,24)/b20-11-. The molecule has 0 heterocycles. The largest absolute Gasteiger partial charge is 0.496 e. The average molecular weight is 360 g/mol. The number of benzene rings is 2. The number of ether oxygens (including phenoxy) is 1. The zero-order valence-electron chi connectivity index (χ0n) is 13.9. The Morgan fingerprint density at radius 1 is 1.20 bits per heavy atom. The summed E-state index contributed by atoms with van der Waals surface area (Å²) >= 11 is 5.92. The predicted octanol–water partition coefficient (Wildman–Crippen LogP) is 3.00. The molecule has 0 saturated heterocycles. The molecule has 0 bridgehead atoms. The molecule has 2 N–H and O–H groups in total. The van der Waals surface area contributed by atoms with Crippen LogP contribution in [0.3, 0.4) is 0 Å². The van der Waals surface area contributed by atoms with Crippen LogP contribution in [0.25, 0.3) is 0 Å². The number of aryl methyl sites for hydroxylation is 1. The molecule has 2 amide bonds. The van der Waals surface area contributed by atoms with Crippen molar-refractivity contribution in [3.8, 4) is 5.75 Å². The highest BCUT2D eigenvalue weighted by Crippen LogP contribution is 2.20. The summed E-state index contributed by atoms with van der Waals surface area (Å²) in [6.45, 7) is 1.97. The van der Waals surface area contributed by atoms with Gasteiger partial charge in [-0.1, -0.05) is 36.7 Å². The number of hydrogen-bond acceptors (Lipinski definition) is 4. The second-order valence-electron chi connectivity index (χ2n) is 5.05. The summed E-state index contributed by atoms with van der Waals surface area (Å²) in [7, 11) is 1.51. The minimum atomic E-state index is -0.872. The number of anilines is 1. The van der Waals surface area contributed by atoms with Crippen LogP contribution in [0, 0.1) is 0 Å². The van der Waals surface area contributed by atoms with E-state index in [2.05, 4.69) is 15.8 Å². The van der Waals surface area contributed by atoms with Crippen molar-refractivity contribution < 1.29 is 14.3 Å². The summed E-state index contributed by atoms with van der Waals surface area (Å²) in [5.74, 6) is -1.12. The lowest BCUT2D eigenvalue weighted by Crippen LogP contribution is -2.32. The van der Waals surface area contributed by atoms with E-state index in [9.17, 15) is 9.59 Å². The number of hydrogen-bond donors (Lipinski definition) is 2. The van der Waals surface area contributed by atoms with Gasteiger partial charge in [0.1, 0.15) is 5.75 Å². The van der Waals surface area contributed by atoms with Crippen molar-refractivity contribution in [3.63, 3.8) is 0 Å². The van der Waals surface area contributed by atoms with E-state index in [0.29, 0.717) is 22.0 Å². The summed E-state index contributed by atoms with van der Waals surface area (Å²) in [6, 6.07) is 12.3. The molecule has 0 unspecified atom stereocenters. The molecule has 2 rings (SSSR count). The SMILES string of the molecule is CCc1ccccc1NC(=O)C(=O)N/N=C\c1cc(Cl)ccc1OC. The molecule has 6 nitrogen and oxygen atoms in total. The molecule has 0 spiro atoms. The van der Waals surface area contributed by atoms with Crippen LogP contribution in [0.4, 0.5) is 5.69 Å². The molecule has 7 heteroatoms. The first-order valence-electron chi connectivity index (χ1n) is 7.61. The fraction of sp³-hybridized carbons (Fsp3) is 0.167. The third-order valence-corrected chi connectivity index (χ3v) is 3.65. The number of carbonyl (C=O) groups is 2. The van der Waals surface area contributed by atoms with E-state index in [-0.39, 0.29) is 0 Å². The quantitative estimate of drug-likeness (QED) is 0.489. The maximum Gasteiger partial charge on any atom is 0.329 e. The molecule has 0 fully saturated rings. The van der Waals surface area contributed by atoms with E-state index in [1.807, 2.05) is 19.1 Å². The third kappa shape index (κ3) is 5.06. The minimum absolute atomic E-state index is 0.502. The number of rotatable bonds is 5. The number of nitrogens with one attached hydrogen (secondary N) is 2. The maximum atomic E-state index is 12.0. The lowest BCUT2D eigenvalue weighted by atomic mass is 10.1. The van der Waals surface area contributed by atoms with Gasteiger partial charge in [-0.2, -0.15) is 5.10 Å². The van der Waals surface area contributed by atoms with Gasteiger partial charge in [0.15, 0.2) is 0 Å². The Kier molecular flexibility index (Phi) is 6.54. The number of methoxy groups -OCH3 is 1. The molecule has 0 saturated carbocycles.